The van der Waals surface area contributed by atoms with Crippen LogP contribution in [0, 0.1) is 11.8 Å². The third-order valence-corrected chi connectivity index (χ3v) is 2.25. The Balaban J connectivity index is 4.29. The zero-order valence-corrected chi connectivity index (χ0v) is 10.2. The molecule has 0 radical (unpaired) electrons. The lowest BCUT2D eigenvalue weighted by Gasteiger charge is -2.13. The van der Waals surface area contributed by atoms with Gasteiger partial charge < -0.3 is 5.73 Å². The molecule has 0 aliphatic carbocycles. The minimum atomic E-state index is -0.597. The van der Waals surface area contributed by atoms with E-state index in [0.29, 0.717) is 11.8 Å². The summed E-state index contributed by atoms with van der Waals surface area (Å²) in [6.07, 6.45) is 2.95. The Bertz CT molecular complexity index is 224. The average molecular weight is 213 g/mol. The second kappa shape index (κ2) is 7.26. The quantitative estimate of drug-likeness (QED) is 0.516. The normalized spacial score (nSPS) is 14.1. The van der Waals surface area contributed by atoms with Gasteiger partial charge in [0.2, 0.25) is 0 Å². The fourth-order valence-corrected chi connectivity index (χ4v) is 1.33. The number of primary amides is 1. The van der Waals surface area contributed by atoms with Gasteiger partial charge in [0.05, 0.1) is 0 Å². The lowest BCUT2D eigenvalue weighted by molar-refractivity contribution is 0.249. The van der Waals surface area contributed by atoms with Gasteiger partial charge in [-0.15, -0.1) is 0 Å². The van der Waals surface area contributed by atoms with Crippen molar-refractivity contribution in [2.75, 3.05) is 0 Å². The van der Waals surface area contributed by atoms with Gasteiger partial charge in [0.25, 0.3) is 0 Å². The number of hydrogen-bond donors (Lipinski definition) is 2. The number of hydrogen-bond acceptors (Lipinski definition) is 2. The van der Waals surface area contributed by atoms with Gasteiger partial charge in [0, 0.05) is 5.71 Å². The van der Waals surface area contributed by atoms with Gasteiger partial charge >= 0.3 is 6.03 Å². The van der Waals surface area contributed by atoms with E-state index in [4.69, 9.17) is 5.73 Å². The topological polar surface area (TPSA) is 67.5 Å². The van der Waals surface area contributed by atoms with Crippen molar-refractivity contribution in [2.24, 2.45) is 22.7 Å². The number of carbonyl (C=O) groups is 1. The summed E-state index contributed by atoms with van der Waals surface area (Å²) in [7, 11) is 0. The van der Waals surface area contributed by atoms with Crippen molar-refractivity contribution in [3.63, 3.8) is 0 Å². The zero-order valence-electron chi connectivity index (χ0n) is 10.2. The molecule has 0 saturated heterocycles. The molecule has 0 aromatic carbocycles. The van der Waals surface area contributed by atoms with E-state index >= 15 is 0 Å². The molecular weight excluding hydrogens is 190 g/mol. The van der Waals surface area contributed by atoms with E-state index in [0.717, 1.165) is 25.0 Å². The Hall–Kier alpha value is -1.06. The summed E-state index contributed by atoms with van der Waals surface area (Å²) in [4.78, 5) is 10.5. The standard InChI is InChI=1S/C11H23N3O/c1-5-9(4)7-10(6-8(2)3)13-14-11(12)15/h8-9H,5-7H2,1-4H3,(H3,12,14,15)/b13-10+. The number of nitrogens with one attached hydrogen (secondary N) is 1. The maximum absolute atomic E-state index is 10.5. The number of amides is 2. The molecule has 0 aliphatic rings. The molecule has 88 valence electrons. The largest absolute Gasteiger partial charge is 0.350 e. The molecule has 4 nitrogen and oxygen atoms in total. The van der Waals surface area contributed by atoms with Gasteiger partial charge in [0.15, 0.2) is 0 Å². The zero-order chi connectivity index (χ0) is 11.8. The summed E-state index contributed by atoms with van der Waals surface area (Å²) in [6, 6.07) is -0.597. The summed E-state index contributed by atoms with van der Waals surface area (Å²) >= 11 is 0. The number of nitrogens with zero attached hydrogens (tertiary/aromatic N) is 1. The van der Waals surface area contributed by atoms with Gasteiger partial charge in [0.1, 0.15) is 0 Å². The monoisotopic (exact) mass is 213 g/mol. The highest BCUT2D eigenvalue weighted by molar-refractivity contribution is 5.86. The molecule has 0 aliphatic heterocycles. The molecule has 0 aromatic heterocycles. The molecular formula is C11H23N3O. The van der Waals surface area contributed by atoms with E-state index in [1.165, 1.54) is 0 Å². The van der Waals surface area contributed by atoms with Crippen molar-refractivity contribution in [1.82, 2.24) is 5.43 Å². The fourth-order valence-electron chi connectivity index (χ4n) is 1.33. The van der Waals surface area contributed by atoms with E-state index in [1.807, 2.05) is 0 Å². The number of carbonyl (C=O) groups excluding carboxylic acids is 1. The van der Waals surface area contributed by atoms with Crippen molar-refractivity contribution in [3.05, 3.63) is 0 Å². The molecule has 0 aromatic rings. The molecule has 0 heterocycles. The SMILES string of the molecule is CCC(C)C/C(CC(C)C)=N/NC(N)=O. The maximum Gasteiger partial charge on any atom is 0.332 e. The molecule has 0 fully saturated rings. The highest BCUT2D eigenvalue weighted by atomic mass is 16.2. The van der Waals surface area contributed by atoms with Gasteiger partial charge in [-0.2, -0.15) is 5.10 Å². The van der Waals surface area contributed by atoms with Crippen LogP contribution < -0.4 is 11.2 Å². The Morgan fingerprint density at radius 2 is 1.93 bits per heavy atom. The molecule has 0 spiro atoms. The molecule has 2 amide bonds. The van der Waals surface area contributed by atoms with E-state index in [9.17, 15) is 4.79 Å². The molecule has 1 unspecified atom stereocenters. The van der Waals surface area contributed by atoms with Crippen LogP contribution in [0.4, 0.5) is 4.79 Å². The van der Waals surface area contributed by atoms with Crippen molar-refractivity contribution >= 4 is 11.7 Å². The molecule has 0 rings (SSSR count). The van der Waals surface area contributed by atoms with Crippen molar-refractivity contribution in [2.45, 2.75) is 47.0 Å². The number of nitrogens with two attached hydrogens (primary N) is 1. The van der Waals surface area contributed by atoms with E-state index in [2.05, 4.69) is 38.2 Å². The first kappa shape index (κ1) is 13.9. The fraction of sp³-hybridized carbons (Fsp3) is 0.818. The maximum atomic E-state index is 10.5. The van der Waals surface area contributed by atoms with E-state index in [-0.39, 0.29) is 0 Å². The minimum Gasteiger partial charge on any atom is -0.350 e. The van der Waals surface area contributed by atoms with Gasteiger partial charge in [-0.1, -0.05) is 34.1 Å². The van der Waals surface area contributed by atoms with Gasteiger partial charge in [-0.05, 0) is 24.7 Å². The highest BCUT2D eigenvalue weighted by Crippen LogP contribution is 2.12. The summed E-state index contributed by atoms with van der Waals surface area (Å²) in [5.41, 5.74) is 8.31. The van der Waals surface area contributed by atoms with Gasteiger partial charge in [-0.3, -0.25) is 0 Å². The summed E-state index contributed by atoms with van der Waals surface area (Å²) in [6.45, 7) is 8.60. The van der Waals surface area contributed by atoms with Crippen LogP contribution in [0.15, 0.2) is 5.10 Å². The predicted molar refractivity (Wildman–Crippen MR) is 63.7 cm³/mol. The second-order valence-corrected chi connectivity index (χ2v) is 4.47. The third-order valence-electron chi connectivity index (χ3n) is 2.25. The average Bonchev–Trinajstić information content (AvgIpc) is 2.13. The lowest BCUT2D eigenvalue weighted by Crippen LogP contribution is -2.26. The second-order valence-electron chi connectivity index (χ2n) is 4.47. The molecule has 0 bridgehead atoms. The van der Waals surface area contributed by atoms with Crippen LogP contribution in [0.5, 0.6) is 0 Å². The first-order valence-electron chi connectivity index (χ1n) is 5.56. The molecule has 3 N–H and O–H groups in total. The summed E-state index contributed by atoms with van der Waals surface area (Å²) < 4.78 is 0. The van der Waals surface area contributed by atoms with E-state index < -0.39 is 6.03 Å². The van der Waals surface area contributed by atoms with Crippen molar-refractivity contribution in [1.29, 1.82) is 0 Å². The van der Waals surface area contributed by atoms with Crippen LogP contribution in [-0.4, -0.2) is 11.7 Å². The van der Waals surface area contributed by atoms with Crippen LogP contribution >= 0.6 is 0 Å². The molecule has 0 saturated carbocycles. The molecule has 15 heavy (non-hydrogen) atoms. The van der Waals surface area contributed by atoms with Crippen LogP contribution in [0.25, 0.3) is 0 Å². The van der Waals surface area contributed by atoms with Crippen molar-refractivity contribution < 1.29 is 4.79 Å². The Labute approximate surface area is 92.3 Å². The van der Waals surface area contributed by atoms with Crippen LogP contribution in [0.2, 0.25) is 0 Å². The number of hydrazone groups is 1. The Morgan fingerprint density at radius 1 is 1.33 bits per heavy atom. The van der Waals surface area contributed by atoms with Gasteiger partial charge in [-0.25, -0.2) is 10.2 Å². The predicted octanol–water partition coefficient (Wildman–Crippen LogP) is 2.49. The Kier molecular flexibility index (Phi) is 6.75. The number of rotatable bonds is 6. The summed E-state index contributed by atoms with van der Waals surface area (Å²) in [5.74, 6) is 1.14. The van der Waals surface area contributed by atoms with Crippen LogP contribution in [0.1, 0.15) is 47.0 Å². The first-order valence-corrected chi connectivity index (χ1v) is 5.56. The van der Waals surface area contributed by atoms with Crippen molar-refractivity contribution in [3.8, 4) is 0 Å². The number of urea groups is 1. The summed E-state index contributed by atoms with van der Waals surface area (Å²) in [5, 5.41) is 4.04. The Morgan fingerprint density at radius 3 is 2.33 bits per heavy atom. The molecule has 4 heteroatoms. The lowest BCUT2D eigenvalue weighted by atomic mass is 9.96. The highest BCUT2D eigenvalue weighted by Gasteiger charge is 2.08. The van der Waals surface area contributed by atoms with Crippen LogP contribution in [0.3, 0.4) is 0 Å². The first-order chi connectivity index (χ1) is 6.95. The minimum absolute atomic E-state index is 0.544. The third kappa shape index (κ3) is 7.97. The van der Waals surface area contributed by atoms with E-state index in [1.54, 1.807) is 0 Å². The van der Waals surface area contributed by atoms with Crippen LogP contribution in [-0.2, 0) is 0 Å². The molecule has 1 atom stereocenters. The smallest absolute Gasteiger partial charge is 0.332 e.